The molecule has 1 aliphatic rings. The number of benzene rings is 2. The zero-order chi connectivity index (χ0) is 13.9. The van der Waals surface area contributed by atoms with Gasteiger partial charge in [-0.3, -0.25) is 0 Å². The molecule has 3 rings (SSSR count). The van der Waals surface area contributed by atoms with E-state index < -0.39 is 6.10 Å². The van der Waals surface area contributed by atoms with Crippen molar-refractivity contribution in [1.29, 1.82) is 0 Å². The minimum atomic E-state index is -0.397. The SMILES string of the molecule is CC1CCCN(CC(O)c2cccc3ccccc23)C1. The molecule has 0 saturated carbocycles. The van der Waals surface area contributed by atoms with Crippen LogP contribution in [-0.2, 0) is 0 Å². The summed E-state index contributed by atoms with van der Waals surface area (Å²) in [6.07, 6.45) is 2.18. The number of β-amino-alcohol motifs (C(OH)–C–C–N with tert-alkyl or cyclic N) is 1. The molecule has 2 unspecified atom stereocenters. The molecule has 0 aromatic heterocycles. The van der Waals surface area contributed by atoms with Crippen molar-refractivity contribution in [1.82, 2.24) is 4.90 Å². The monoisotopic (exact) mass is 269 g/mol. The molecule has 2 heteroatoms. The van der Waals surface area contributed by atoms with Gasteiger partial charge in [-0.05, 0) is 41.6 Å². The fourth-order valence-corrected chi connectivity index (χ4v) is 3.34. The van der Waals surface area contributed by atoms with Gasteiger partial charge in [0.2, 0.25) is 0 Å². The molecular formula is C18H23NO. The van der Waals surface area contributed by atoms with Crippen molar-refractivity contribution >= 4 is 10.8 Å². The second-order valence-electron chi connectivity index (χ2n) is 6.09. The van der Waals surface area contributed by atoms with Crippen molar-refractivity contribution in [2.45, 2.75) is 25.9 Å². The maximum Gasteiger partial charge on any atom is 0.0922 e. The van der Waals surface area contributed by atoms with E-state index in [0.29, 0.717) is 0 Å². The van der Waals surface area contributed by atoms with Gasteiger partial charge in [0.05, 0.1) is 6.10 Å². The van der Waals surface area contributed by atoms with E-state index in [4.69, 9.17) is 0 Å². The minimum Gasteiger partial charge on any atom is -0.387 e. The van der Waals surface area contributed by atoms with Crippen LogP contribution in [0.2, 0.25) is 0 Å². The number of nitrogens with zero attached hydrogens (tertiary/aromatic N) is 1. The number of hydrogen-bond acceptors (Lipinski definition) is 2. The summed E-state index contributed by atoms with van der Waals surface area (Å²) >= 11 is 0. The molecule has 0 spiro atoms. The van der Waals surface area contributed by atoms with Crippen LogP contribution in [0.15, 0.2) is 42.5 Å². The summed E-state index contributed by atoms with van der Waals surface area (Å²) in [5.41, 5.74) is 1.06. The molecule has 0 amide bonds. The third-order valence-corrected chi connectivity index (χ3v) is 4.35. The Hall–Kier alpha value is -1.38. The van der Waals surface area contributed by atoms with Crippen molar-refractivity contribution < 1.29 is 5.11 Å². The molecule has 1 heterocycles. The number of piperidine rings is 1. The molecule has 2 aromatic rings. The zero-order valence-corrected chi connectivity index (χ0v) is 12.1. The van der Waals surface area contributed by atoms with E-state index >= 15 is 0 Å². The Morgan fingerprint density at radius 2 is 2.00 bits per heavy atom. The predicted octanol–water partition coefficient (Wildman–Crippen LogP) is 3.61. The second kappa shape index (κ2) is 5.94. The van der Waals surface area contributed by atoms with E-state index in [-0.39, 0.29) is 0 Å². The average molecular weight is 269 g/mol. The fraction of sp³-hybridized carbons (Fsp3) is 0.444. The van der Waals surface area contributed by atoms with Crippen LogP contribution in [0.1, 0.15) is 31.4 Å². The van der Waals surface area contributed by atoms with Crippen molar-refractivity contribution in [3.05, 3.63) is 48.0 Å². The van der Waals surface area contributed by atoms with E-state index in [1.165, 1.54) is 23.6 Å². The molecule has 2 atom stereocenters. The van der Waals surface area contributed by atoms with Crippen LogP contribution in [0.5, 0.6) is 0 Å². The topological polar surface area (TPSA) is 23.5 Å². The van der Waals surface area contributed by atoms with Gasteiger partial charge >= 0.3 is 0 Å². The Morgan fingerprint density at radius 3 is 2.85 bits per heavy atom. The maximum atomic E-state index is 10.6. The molecule has 0 radical (unpaired) electrons. The molecule has 1 N–H and O–H groups in total. The standard InChI is InChI=1S/C18H23NO/c1-14-6-5-11-19(12-14)13-18(20)17-10-4-8-15-7-2-3-9-16(15)17/h2-4,7-10,14,18,20H,5-6,11-13H2,1H3. The predicted molar refractivity (Wildman–Crippen MR) is 83.7 cm³/mol. The highest BCUT2D eigenvalue weighted by molar-refractivity contribution is 5.85. The lowest BCUT2D eigenvalue weighted by molar-refractivity contribution is 0.0884. The highest BCUT2D eigenvalue weighted by atomic mass is 16.3. The highest BCUT2D eigenvalue weighted by Gasteiger charge is 2.20. The second-order valence-corrected chi connectivity index (χ2v) is 6.09. The van der Waals surface area contributed by atoms with Crippen molar-refractivity contribution in [2.24, 2.45) is 5.92 Å². The van der Waals surface area contributed by atoms with E-state index in [1.807, 2.05) is 18.2 Å². The first-order valence-corrected chi connectivity index (χ1v) is 7.62. The van der Waals surface area contributed by atoms with Gasteiger partial charge in [0.1, 0.15) is 0 Å². The van der Waals surface area contributed by atoms with Crippen LogP contribution >= 0.6 is 0 Å². The van der Waals surface area contributed by atoms with E-state index in [9.17, 15) is 5.11 Å². The van der Waals surface area contributed by atoms with E-state index in [1.54, 1.807) is 0 Å². The smallest absolute Gasteiger partial charge is 0.0922 e. The van der Waals surface area contributed by atoms with Crippen LogP contribution in [0.3, 0.4) is 0 Å². The van der Waals surface area contributed by atoms with Gasteiger partial charge in [-0.25, -0.2) is 0 Å². The largest absolute Gasteiger partial charge is 0.387 e. The third kappa shape index (κ3) is 2.87. The Balaban J connectivity index is 1.80. The quantitative estimate of drug-likeness (QED) is 0.920. The van der Waals surface area contributed by atoms with Gasteiger partial charge in [-0.1, -0.05) is 49.4 Å². The Labute approximate surface area is 121 Å². The summed E-state index contributed by atoms with van der Waals surface area (Å²) in [5.74, 6) is 0.753. The lowest BCUT2D eigenvalue weighted by atomic mass is 9.97. The molecule has 2 aromatic carbocycles. The van der Waals surface area contributed by atoms with Crippen LogP contribution in [0, 0.1) is 5.92 Å². The number of hydrogen-bond donors (Lipinski definition) is 1. The van der Waals surface area contributed by atoms with Gasteiger partial charge in [0, 0.05) is 13.1 Å². The summed E-state index contributed by atoms with van der Waals surface area (Å²) in [6, 6.07) is 14.5. The molecule has 1 fully saturated rings. The van der Waals surface area contributed by atoms with Gasteiger partial charge in [0.25, 0.3) is 0 Å². The molecule has 106 valence electrons. The summed E-state index contributed by atoms with van der Waals surface area (Å²) in [4.78, 5) is 2.40. The van der Waals surface area contributed by atoms with E-state index in [0.717, 1.165) is 31.1 Å². The van der Waals surface area contributed by atoms with Gasteiger partial charge in [0.15, 0.2) is 0 Å². The normalized spacial score (nSPS) is 22.0. The molecule has 1 aliphatic heterocycles. The average Bonchev–Trinajstić information content (AvgIpc) is 2.46. The number of fused-ring (bicyclic) bond motifs is 1. The van der Waals surface area contributed by atoms with Crippen molar-refractivity contribution in [3.8, 4) is 0 Å². The van der Waals surface area contributed by atoms with Crippen LogP contribution in [0.4, 0.5) is 0 Å². The first-order chi connectivity index (χ1) is 9.74. The first kappa shape index (κ1) is 13.6. The summed E-state index contributed by atoms with van der Waals surface area (Å²) in [5, 5.41) is 13.0. The van der Waals surface area contributed by atoms with Crippen molar-refractivity contribution in [3.63, 3.8) is 0 Å². The summed E-state index contributed by atoms with van der Waals surface area (Å²) in [7, 11) is 0. The molecule has 0 bridgehead atoms. The van der Waals surface area contributed by atoms with Crippen LogP contribution in [-0.4, -0.2) is 29.6 Å². The zero-order valence-electron chi connectivity index (χ0n) is 12.1. The van der Waals surface area contributed by atoms with E-state index in [2.05, 4.69) is 36.1 Å². The lowest BCUT2D eigenvalue weighted by Crippen LogP contribution is -2.37. The number of rotatable bonds is 3. The Kier molecular flexibility index (Phi) is 4.04. The molecule has 0 aliphatic carbocycles. The van der Waals surface area contributed by atoms with Crippen molar-refractivity contribution in [2.75, 3.05) is 19.6 Å². The first-order valence-electron chi connectivity index (χ1n) is 7.62. The Morgan fingerprint density at radius 1 is 1.20 bits per heavy atom. The molecule has 2 nitrogen and oxygen atoms in total. The maximum absolute atomic E-state index is 10.6. The molecule has 1 saturated heterocycles. The Bertz CT molecular complexity index is 575. The molecule has 20 heavy (non-hydrogen) atoms. The summed E-state index contributed by atoms with van der Waals surface area (Å²) in [6.45, 7) is 5.28. The minimum absolute atomic E-state index is 0.397. The lowest BCUT2D eigenvalue weighted by Gasteiger charge is -2.32. The number of likely N-dealkylation sites (tertiary alicyclic amines) is 1. The van der Waals surface area contributed by atoms with Gasteiger partial charge < -0.3 is 10.0 Å². The van der Waals surface area contributed by atoms with Gasteiger partial charge in [-0.15, -0.1) is 0 Å². The number of aliphatic hydroxyl groups excluding tert-OH is 1. The van der Waals surface area contributed by atoms with Crippen LogP contribution in [0.25, 0.3) is 10.8 Å². The fourth-order valence-electron chi connectivity index (χ4n) is 3.34. The highest BCUT2D eigenvalue weighted by Crippen LogP contribution is 2.26. The molecular weight excluding hydrogens is 246 g/mol. The van der Waals surface area contributed by atoms with Crippen LogP contribution < -0.4 is 0 Å². The number of aliphatic hydroxyl groups is 1. The third-order valence-electron chi connectivity index (χ3n) is 4.35. The van der Waals surface area contributed by atoms with Gasteiger partial charge in [-0.2, -0.15) is 0 Å². The summed E-state index contributed by atoms with van der Waals surface area (Å²) < 4.78 is 0.